The van der Waals surface area contributed by atoms with Crippen molar-refractivity contribution in [1.82, 2.24) is 15.3 Å². The number of hydrogen-bond donors (Lipinski definition) is 3. The van der Waals surface area contributed by atoms with Gasteiger partial charge in [-0.15, -0.1) is 0 Å². The van der Waals surface area contributed by atoms with Crippen LogP contribution in [0.3, 0.4) is 0 Å². The van der Waals surface area contributed by atoms with Crippen LogP contribution in [0.1, 0.15) is 61.8 Å². The lowest BCUT2D eigenvalue weighted by Crippen LogP contribution is -2.36. The van der Waals surface area contributed by atoms with Crippen molar-refractivity contribution >= 4 is 22.7 Å². The highest BCUT2D eigenvalue weighted by Gasteiger charge is 2.16. The van der Waals surface area contributed by atoms with Crippen LogP contribution in [0.25, 0.3) is 10.9 Å². The molecule has 1 unspecified atom stereocenters. The van der Waals surface area contributed by atoms with Crippen LogP contribution < -0.4 is 10.6 Å². The summed E-state index contributed by atoms with van der Waals surface area (Å²) in [5, 5.41) is 17.3. The lowest BCUT2D eigenvalue weighted by atomic mass is 10.0. The number of fused-ring (bicyclic) bond motifs is 2. The largest absolute Gasteiger partial charge is 0.480 e. The third-order valence-electron chi connectivity index (χ3n) is 6.40. The molecule has 1 aliphatic rings. The van der Waals surface area contributed by atoms with E-state index >= 15 is 0 Å². The maximum Gasteiger partial charge on any atom is 0.320 e. The summed E-state index contributed by atoms with van der Waals surface area (Å²) < 4.78 is 0. The number of carboxylic acids is 1. The Labute approximate surface area is 195 Å². The lowest BCUT2D eigenvalue weighted by Gasteiger charge is -2.17. The number of hydrogen-bond acceptors (Lipinski definition) is 5. The first-order valence-electron chi connectivity index (χ1n) is 12.2. The van der Waals surface area contributed by atoms with E-state index in [4.69, 9.17) is 4.98 Å². The van der Waals surface area contributed by atoms with Gasteiger partial charge in [0.25, 0.3) is 0 Å². The third kappa shape index (κ3) is 6.75. The van der Waals surface area contributed by atoms with Gasteiger partial charge in [-0.3, -0.25) is 9.78 Å². The fourth-order valence-corrected chi connectivity index (χ4v) is 4.48. The van der Waals surface area contributed by atoms with E-state index in [9.17, 15) is 9.90 Å². The number of pyridine rings is 2. The zero-order chi connectivity index (χ0) is 22.9. The van der Waals surface area contributed by atoms with Crippen molar-refractivity contribution in [2.45, 2.75) is 70.4 Å². The minimum absolute atomic E-state index is 0.512. The monoisotopic (exact) mass is 446 g/mol. The topological polar surface area (TPSA) is 87.1 Å². The number of nitrogens with zero attached hydrogens (tertiary/aromatic N) is 2. The highest BCUT2D eigenvalue weighted by Crippen LogP contribution is 2.20. The molecule has 0 radical (unpaired) electrons. The number of carboxylic acid groups (broad SMARTS) is 1. The highest BCUT2D eigenvalue weighted by molar-refractivity contribution is 5.79. The van der Waals surface area contributed by atoms with Crippen molar-refractivity contribution in [1.29, 1.82) is 0 Å². The van der Waals surface area contributed by atoms with Crippen molar-refractivity contribution in [2.75, 3.05) is 11.9 Å². The number of aliphatic carboxylic acids is 1. The van der Waals surface area contributed by atoms with E-state index in [1.807, 2.05) is 24.3 Å². The number of carbonyl (C=O) groups is 1. The van der Waals surface area contributed by atoms with E-state index in [1.165, 1.54) is 17.7 Å². The molecule has 3 heterocycles. The molecule has 33 heavy (non-hydrogen) atoms. The molecule has 3 N–H and O–H groups in total. The molecule has 0 bridgehead atoms. The molecule has 4 rings (SSSR count). The fraction of sp³-hybridized carbons (Fsp3) is 0.444. The molecule has 0 saturated carbocycles. The van der Waals surface area contributed by atoms with E-state index in [-0.39, 0.29) is 0 Å². The Kier molecular flexibility index (Phi) is 8.25. The molecule has 6 nitrogen and oxygen atoms in total. The number of rotatable bonds is 12. The Hall–Kier alpha value is -2.99. The average Bonchev–Trinajstić information content (AvgIpc) is 2.84. The Bertz CT molecular complexity index is 1070. The van der Waals surface area contributed by atoms with Crippen LogP contribution in [0.15, 0.2) is 48.7 Å². The highest BCUT2D eigenvalue weighted by atomic mass is 16.4. The second-order valence-corrected chi connectivity index (χ2v) is 8.95. The van der Waals surface area contributed by atoms with E-state index in [2.05, 4.69) is 33.8 Å². The summed E-state index contributed by atoms with van der Waals surface area (Å²) in [6.07, 6.45) is 11.2. The van der Waals surface area contributed by atoms with Crippen molar-refractivity contribution in [3.63, 3.8) is 0 Å². The van der Waals surface area contributed by atoms with Gasteiger partial charge in [0.05, 0.1) is 5.52 Å². The predicted molar refractivity (Wildman–Crippen MR) is 132 cm³/mol. The smallest absolute Gasteiger partial charge is 0.320 e. The van der Waals surface area contributed by atoms with Gasteiger partial charge >= 0.3 is 5.97 Å². The van der Waals surface area contributed by atoms with Gasteiger partial charge in [0.2, 0.25) is 0 Å². The fourth-order valence-electron chi connectivity index (χ4n) is 4.48. The van der Waals surface area contributed by atoms with Gasteiger partial charge in [-0.05, 0) is 67.5 Å². The van der Waals surface area contributed by atoms with Gasteiger partial charge in [0.1, 0.15) is 11.9 Å². The minimum atomic E-state index is -0.774. The summed E-state index contributed by atoms with van der Waals surface area (Å²) in [6, 6.07) is 13.9. The quantitative estimate of drug-likeness (QED) is 0.335. The van der Waals surface area contributed by atoms with Crippen molar-refractivity contribution < 1.29 is 9.90 Å². The lowest BCUT2D eigenvalue weighted by molar-refractivity contribution is -0.139. The molecule has 0 aliphatic carbocycles. The van der Waals surface area contributed by atoms with Crippen molar-refractivity contribution in [3.05, 3.63) is 65.5 Å². The number of unbranched alkanes of at least 4 members (excludes halogenated alkanes) is 4. The molecule has 2 aromatic heterocycles. The minimum Gasteiger partial charge on any atom is -0.480 e. The molecule has 6 heteroatoms. The van der Waals surface area contributed by atoms with Gasteiger partial charge in [0, 0.05) is 30.4 Å². The van der Waals surface area contributed by atoms with Crippen molar-refractivity contribution in [2.24, 2.45) is 0 Å². The summed E-state index contributed by atoms with van der Waals surface area (Å²) in [7, 11) is 0. The standard InChI is InChI=1S/C27H34N4O2/c32-27(33)25(30-19-20-12-15-24-22(18-20)9-7-16-28-24)11-5-3-1-2-4-10-23-14-13-21-8-6-17-29-26(21)31-23/h7,9,12-16,18,25,30H,1-6,8,10-11,17,19H2,(H,29,31)(H,32,33). The van der Waals surface area contributed by atoms with Crippen LogP contribution in [0.4, 0.5) is 5.82 Å². The van der Waals surface area contributed by atoms with Crippen LogP contribution in [-0.2, 0) is 24.2 Å². The van der Waals surface area contributed by atoms with Crippen LogP contribution >= 0.6 is 0 Å². The maximum atomic E-state index is 11.7. The van der Waals surface area contributed by atoms with Crippen LogP contribution in [0, 0.1) is 0 Å². The first-order valence-corrected chi connectivity index (χ1v) is 12.2. The van der Waals surface area contributed by atoms with Crippen LogP contribution in [0.5, 0.6) is 0 Å². The normalized spacial score (nSPS) is 13.9. The molecule has 1 aromatic carbocycles. The molecule has 0 saturated heterocycles. The molecule has 1 atom stereocenters. The zero-order valence-electron chi connectivity index (χ0n) is 19.2. The van der Waals surface area contributed by atoms with Gasteiger partial charge in [-0.25, -0.2) is 4.98 Å². The number of aromatic nitrogens is 2. The van der Waals surface area contributed by atoms with Gasteiger partial charge < -0.3 is 15.7 Å². The van der Waals surface area contributed by atoms with Crippen molar-refractivity contribution in [3.8, 4) is 0 Å². The number of benzene rings is 1. The van der Waals surface area contributed by atoms with Gasteiger partial charge in [0.15, 0.2) is 0 Å². The summed E-state index contributed by atoms with van der Waals surface area (Å²) in [5.74, 6) is 0.302. The predicted octanol–water partition coefficient (Wildman–Crippen LogP) is 5.11. The molecular formula is C27H34N4O2. The molecule has 1 aliphatic heterocycles. The van der Waals surface area contributed by atoms with E-state index < -0.39 is 12.0 Å². The first kappa shape index (κ1) is 23.2. The summed E-state index contributed by atoms with van der Waals surface area (Å²) in [5.41, 5.74) is 4.54. The van der Waals surface area contributed by atoms with E-state index in [1.54, 1.807) is 6.20 Å². The molecule has 0 fully saturated rings. The summed E-state index contributed by atoms with van der Waals surface area (Å²) >= 11 is 0. The maximum absolute atomic E-state index is 11.7. The summed E-state index contributed by atoms with van der Waals surface area (Å²) in [4.78, 5) is 20.8. The van der Waals surface area contributed by atoms with Gasteiger partial charge in [-0.2, -0.15) is 0 Å². The number of nitrogens with one attached hydrogen (secondary N) is 2. The molecular weight excluding hydrogens is 412 g/mol. The van der Waals surface area contributed by atoms with Crippen LogP contribution in [0.2, 0.25) is 0 Å². The molecule has 3 aromatic rings. The Morgan fingerprint density at radius 2 is 1.97 bits per heavy atom. The second kappa shape index (κ2) is 11.8. The van der Waals surface area contributed by atoms with Crippen LogP contribution in [-0.4, -0.2) is 33.6 Å². The third-order valence-corrected chi connectivity index (χ3v) is 6.40. The Morgan fingerprint density at radius 3 is 2.88 bits per heavy atom. The molecule has 0 amide bonds. The molecule has 0 spiro atoms. The molecule has 174 valence electrons. The first-order chi connectivity index (χ1) is 16.2. The van der Waals surface area contributed by atoms with Gasteiger partial charge in [-0.1, -0.05) is 43.9 Å². The Balaban J connectivity index is 1.13. The SMILES string of the molecule is O=C(O)C(CCCCCCCc1ccc2c(n1)NCCC2)NCc1ccc2ncccc2c1. The zero-order valence-corrected chi connectivity index (χ0v) is 19.2. The number of anilines is 1. The van der Waals surface area contributed by atoms with E-state index in [0.29, 0.717) is 13.0 Å². The second-order valence-electron chi connectivity index (χ2n) is 8.95. The average molecular weight is 447 g/mol. The Morgan fingerprint density at radius 1 is 1.09 bits per heavy atom. The number of aryl methyl sites for hydroxylation is 2. The summed E-state index contributed by atoms with van der Waals surface area (Å²) in [6.45, 7) is 1.57. The van der Waals surface area contributed by atoms with E-state index in [0.717, 1.165) is 73.8 Å².